The molecule has 0 saturated carbocycles. The zero-order valence-corrected chi connectivity index (χ0v) is 15.3. The summed E-state index contributed by atoms with van der Waals surface area (Å²) < 4.78 is 44.7. The van der Waals surface area contributed by atoms with E-state index in [1.165, 1.54) is 12.8 Å². The van der Waals surface area contributed by atoms with Gasteiger partial charge in [-0.25, -0.2) is 0 Å². The van der Waals surface area contributed by atoms with E-state index < -0.39 is 17.9 Å². The van der Waals surface area contributed by atoms with Gasteiger partial charge >= 0.3 is 6.18 Å². The highest BCUT2D eigenvalue weighted by molar-refractivity contribution is 4.86. The van der Waals surface area contributed by atoms with Gasteiger partial charge in [0.15, 0.2) is 5.60 Å². The molecule has 0 fully saturated rings. The molecule has 2 unspecified atom stereocenters. The summed E-state index contributed by atoms with van der Waals surface area (Å²) in [6.07, 6.45) is 3.76. The maximum Gasteiger partial charge on any atom is 0.416 e. The summed E-state index contributed by atoms with van der Waals surface area (Å²) in [5.74, 6) is 0. The Morgan fingerprint density at radius 1 is 0.818 bits per heavy atom. The van der Waals surface area contributed by atoms with Gasteiger partial charge < -0.3 is 4.74 Å². The van der Waals surface area contributed by atoms with Crippen LogP contribution in [0.5, 0.6) is 0 Å². The van der Waals surface area contributed by atoms with Crippen molar-refractivity contribution < 1.29 is 17.9 Å². The van der Waals surface area contributed by atoms with E-state index in [2.05, 4.69) is 20.8 Å². The van der Waals surface area contributed by atoms with Gasteiger partial charge in [0.2, 0.25) is 0 Å². The highest BCUT2D eigenvalue weighted by Gasteiger charge is 2.51. The van der Waals surface area contributed by atoms with E-state index in [4.69, 9.17) is 4.74 Å². The van der Waals surface area contributed by atoms with Gasteiger partial charge in [0.1, 0.15) is 0 Å². The molecule has 0 N–H and O–H groups in total. The maximum absolute atomic E-state index is 13.1. The molecule has 0 aromatic carbocycles. The minimum Gasteiger partial charge on any atom is -0.363 e. The molecule has 0 radical (unpaired) electrons. The van der Waals surface area contributed by atoms with Crippen molar-refractivity contribution in [3.63, 3.8) is 0 Å². The van der Waals surface area contributed by atoms with Gasteiger partial charge in [0.25, 0.3) is 0 Å². The first-order chi connectivity index (χ1) is 10.00. The Balaban J connectivity index is 4.84. The van der Waals surface area contributed by atoms with Crippen LogP contribution in [0.4, 0.5) is 13.2 Å². The van der Waals surface area contributed by atoms with Crippen molar-refractivity contribution in [2.45, 2.75) is 111 Å². The highest BCUT2D eigenvalue weighted by Crippen LogP contribution is 2.41. The molecule has 0 rings (SSSR count). The van der Waals surface area contributed by atoms with Crippen LogP contribution in [-0.2, 0) is 4.74 Å². The Labute approximate surface area is 135 Å². The molecule has 134 valence electrons. The Kier molecular flexibility index (Phi) is 9.04. The molecule has 0 saturated heterocycles. The Bertz CT molecular complexity index is 299. The third-order valence-corrected chi connectivity index (χ3v) is 4.84. The lowest BCUT2D eigenvalue weighted by Crippen LogP contribution is -2.47. The van der Waals surface area contributed by atoms with E-state index in [9.17, 15) is 13.2 Å². The number of unbranched alkanes of at least 4 members (excludes halogenated alkanes) is 4. The summed E-state index contributed by atoms with van der Waals surface area (Å²) in [6.45, 7) is 10.4. The molecule has 1 nitrogen and oxygen atoms in total. The SMILES string of the molecule is CCCCCCC(C)(CCCC)C(C)OC(C)(C)C(F)(F)F. The van der Waals surface area contributed by atoms with Gasteiger partial charge in [-0.15, -0.1) is 0 Å². The molecule has 0 aliphatic rings. The van der Waals surface area contributed by atoms with Crippen molar-refractivity contribution in [3.8, 4) is 0 Å². The fourth-order valence-corrected chi connectivity index (χ4v) is 2.72. The molecule has 22 heavy (non-hydrogen) atoms. The lowest BCUT2D eigenvalue weighted by atomic mass is 9.75. The van der Waals surface area contributed by atoms with Crippen LogP contribution in [-0.4, -0.2) is 17.9 Å². The van der Waals surface area contributed by atoms with Crippen molar-refractivity contribution in [2.24, 2.45) is 5.41 Å². The minimum absolute atomic E-state index is 0.188. The molecule has 4 heteroatoms. The minimum atomic E-state index is -4.34. The van der Waals surface area contributed by atoms with Gasteiger partial charge in [-0.3, -0.25) is 0 Å². The molecular weight excluding hydrogens is 289 g/mol. The topological polar surface area (TPSA) is 9.23 Å². The van der Waals surface area contributed by atoms with Gasteiger partial charge in [0, 0.05) is 0 Å². The predicted molar refractivity (Wildman–Crippen MR) is 87.1 cm³/mol. The zero-order chi connectivity index (χ0) is 17.4. The molecule has 0 aliphatic heterocycles. The van der Waals surface area contributed by atoms with Crippen LogP contribution in [0, 0.1) is 5.41 Å². The third-order valence-electron chi connectivity index (χ3n) is 4.84. The normalized spacial score (nSPS) is 17.3. The first-order valence-corrected chi connectivity index (χ1v) is 8.74. The fraction of sp³-hybridized carbons (Fsp3) is 1.00. The Morgan fingerprint density at radius 3 is 1.77 bits per heavy atom. The first-order valence-electron chi connectivity index (χ1n) is 8.74. The largest absolute Gasteiger partial charge is 0.416 e. The van der Waals surface area contributed by atoms with E-state index in [0.717, 1.165) is 52.4 Å². The summed E-state index contributed by atoms with van der Waals surface area (Å²) in [5, 5.41) is 0. The van der Waals surface area contributed by atoms with Crippen LogP contribution in [0.3, 0.4) is 0 Å². The lowest BCUT2D eigenvalue weighted by Gasteiger charge is -2.41. The van der Waals surface area contributed by atoms with E-state index in [0.29, 0.717) is 0 Å². The molecule has 2 atom stereocenters. The van der Waals surface area contributed by atoms with Crippen molar-refractivity contribution in [1.82, 2.24) is 0 Å². The number of rotatable bonds is 11. The van der Waals surface area contributed by atoms with Gasteiger partial charge in [-0.2, -0.15) is 13.2 Å². The number of hydrogen-bond acceptors (Lipinski definition) is 1. The number of hydrogen-bond donors (Lipinski definition) is 0. The molecule has 0 spiro atoms. The second-order valence-electron chi connectivity index (χ2n) is 7.34. The average Bonchev–Trinajstić information content (AvgIpc) is 2.39. The van der Waals surface area contributed by atoms with Crippen LogP contribution in [0.25, 0.3) is 0 Å². The smallest absolute Gasteiger partial charge is 0.363 e. The van der Waals surface area contributed by atoms with Crippen LogP contribution < -0.4 is 0 Å². The van der Waals surface area contributed by atoms with E-state index in [1.54, 1.807) is 0 Å². The first kappa shape index (κ1) is 21.8. The fourth-order valence-electron chi connectivity index (χ4n) is 2.72. The predicted octanol–water partition coefficient (Wildman–Crippen LogP) is 6.90. The lowest BCUT2D eigenvalue weighted by molar-refractivity contribution is -0.285. The molecule has 0 heterocycles. The van der Waals surface area contributed by atoms with Crippen LogP contribution in [0.15, 0.2) is 0 Å². The van der Waals surface area contributed by atoms with Gasteiger partial charge in [-0.1, -0.05) is 59.3 Å². The van der Waals surface area contributed by atoms with E-state index >= 15 is 0 Å². The molecule has 0 aromatic heterocycles. The molecule has 0 bridgehead atoms. The Hall–Kier alpha value is -0.250. The van der Waals surface area contributed by atoms with Crippen LogP contribution in [0.1, 0.15) is 92.9 Å². The van der Waals surface area contributed by atoms with Crippen molar-refractivity contribution in [2.75, 3.05) is 0 Å². The van der Waals surface area contributed by atoms with E-state index in [-0.39, 0.29) is 5.41 Å². The quantitative estimate of drug-likeness (QED) is 0.376. The van der Waals surface area contributed by atoms with E-state index in [1.807, 2.05) is 6.92 Å². The van der Waals surface area contributed by atoms with Crippen LogP contribution in [0.2, 0.25) is 0 Å². The summed E-state index contributed by atoms with van der Waals surface area (Å²) in [5.41, 5.74) is -2.28. The van der Waals surface area contributed by atoms with Crippen molar-refractivity contribution in [1.29, 1.82) is 0 Å². The number of alkyl halides is 3. The Morgan fingerprint density at radius 2 is 1.32 bits per heavy atom. The average molecular weight is 324 g/mol. The maximum atomic E-state index is 13.1. The van der Waals surface area contributed by atoms with Crippen LogP contribution >= 0.6 is 0 Å². The summed E-state index contributed by atoms with van der Waals surface area (Å²) in [4.78, 5) is 0. The monoisotopic (exact) mass is 324 g/mol. The summed E-state index contributed by atoms with van der Waals surface area (Å²) in [6, 6.07) is 0. The summed E-state index contributed by atoms with van der Waals surface area (Å²) >= 11 is 0. The second kappa shape index (κ2) is 9.14. The standard InChI is InChI=1S/C18H35F3O/c1-7-9-11-12-14-17(6,13-10-8-2)15(3)22-16(4,5)18(19,20)21/h15H,7-14H2,1-6H3. The van der Waals surface area contributed by atoms with Gasteiger partial charge in [-0.05, 0) is 39.0 Å². The van der Waals surface area contributed by atoms with Crippen molar-refractivity contribution in [3.05, 3.63) is 0 Å². The molecular formula is C18H35F3O. The molecule has 0 aliphatic carbocycles. The zero-order valence-electron chi connectivity index (χ0n) is 15.3. The molecule has 0 aromatic rings. The second-order valence-corrected chi connectivity index (χ2v) is 7.34. The third kappa shape index (κ3) is 6.89. The van der Waals surface area contributed by atoms with Crippen molar-refractivity contribution >= 4 is 0 Å². The molecule has 0 amide bonds. The summed E-state index contributed by atoms with van der Waals surface area (Å²) in [7, 11) is 0. The number of halogens is 3. The number of ether oxygens (including phenoxy) is 1. The highest BCUT2D eigenvalue weighted by atomic mass is 19.4. The van der Waals surface area contributed by atoms with Gasteiger partial charge in [0.05, 0.1) is 6.10 Å².